The molecule has 2 radical (unpaired) electrons. The summed E-state index contributed by atoms with van der Waals surface area (Å²) >= 11 is 0. The molecule has 0 saturated heterocycles. The molecular formula is C10H14. The Labute approximate surface area is 64.0 Å². The first-order valence-corrected chi connectivity index (χ1v) is 3.74. The molecule has 0 unspecified atom stereocenters. The lowest BCUT2D eigenvalue weighted by Crippen LogP contribution is -1.64. The summed E-state index contributed by atoms with van der Waals surface area (Å²) in [6, 6.07) is 0. The molecule has 0 spiro atoms. The van der Waals surface area contributed by atoms with Crippen molar-refractivity contribution in [2.24, 2.45) is 0 Å². The molecule has 10 heavy (non-hydrogen) atoms. The van der Waals surface area contributed by atoms with Crippen molar-refractivity contribution in [2.45, 2.75) is 26.2 Å². The molecular weight excluding hydrogens is 120 g/mol. The molecule has 0 heteroatoms. The Bertz CT molecular complexity index is 118. The second-order valence-corrected chi connectivity index (χ2v) is 2.12. The molecule has 54 valence electrons. The van der Waals surface area contributed by atoms with E-state index in [0.29, 0.717) is 0 Å². The molecule has 0 saturated carbocycles. The van der Waals surface area contributed by atoms with Gasteiger partial charge < -0.3 is 0 Å². The van der Waals surface area contributed by atoms with Gasteiger partial charge in [-0.3, -0.25) is 0 Å². The highest BCUT2D eigenvalue weighted by Crippen LogP contribution is 1.94. The van der Waals surface area contributed by atoms with Crippen molar-refractivity contribution >= 4 is 0 Å². The van der Waals surface area contributed by atoms with Gasteiger partial charge in [0, 0.05) is 0 Å². The average Bonchev–Trinajstić information content (AvgIpc) is 1.97. The van der Waals surface area contributed by atoms with Gasteiger partial charge in [0.1, 0.15) is 0 Å². The Hall–Kier alpha value is -0.780. The summed E-state index contributed by atoms with van der Waals surface area (Å²) < 4.78 is 0. The lowest BCUT2D eigenvalue weighted by Gasteiger charge is -1.84. The third-order valence-corrected chi connectivity index (χ3v) is 1.18. The summed E-state index contributed by atoms with van der Waals surface area (Å²) in [5.74, 6) is 0. The van der Waals surface area contributed by atoms with E-state index >= 15 is 0 Å². The predicted molar refractivity (Wildman–Crippen MR) is 45.6 cm³/mol. The van der Waals surface area contributed by atoms with Crippen LogP contribution < -0.4 is 0 Å². The zero-order valence-electron chi connectivity index (χ0n) is 6.51. The molecule has 0 aliphatic carbocycles. The van der Waals surface area contributed by atoms with E-state index in [1.165, 1.54) is 18.9 Å². The highest BCUT2D eigenvalue weighted by Gasteiger charge is 1.74. The fourth-order valence-electron chi connectivity index (χ4n) is 0.616. The summed E-state index contributed by atoms with van der Waals surface area (Å²) in [5.41, 5.74) is 0. The van der Waals surface area contributed by atoms with E-state index in [0.717, 1.165) is 6.42 Å². The fraction of sp³-hybridized carbons (Fsp3) is 0.400. The molecule has 0 rings (SSSR count). The van der Waals surface area contributed by atoms with Crippen LogP contribution in [-0.4, -0.2) is 0 Å². The minimum absolute atomic E-state index is 1.15. The van der Waals surface area contributed by atoms with Gasteiger partial charge in [-0.2, -0.15) is 0 Å². The fourth-order valence-corrected chi connectivity index (χ4v) is 0.616. The van der Waals surface area contributed by atoms with Gasteiger partial charge >= 0.3 is 0 Å². The third kappa shape index (κ3) is 7.22. The van der Waals surface area contributed by atoms with Crippen molar-refractivity contribution in [1.29, 1.82) is 0 Å². The Kier molecular flexibility index (Phi) is 7.58. The first-order chi connectivity index (χ1) is 4.91. The number of allylic oxidation sites excluding steroid dienone is 5. The number of hydrogen-bond acceptors (Lipinski definition) is 0. The zero-order valence-corrected chi connectivity index (χ0v) is 6.51. The Balaban J connectivity index is 3.19. The van der Waals surface area contributed by atoms with Crippen molar-refractivity contribution in [3.8, 4) is 0 Å². The highest BCUT2D eigenvalue weighted by atomic mass is 13.8. The van der Waals surface area contributed by atoms with E-state index in [-0.39, 0.29) is 0 Å². The number of unbranched alkanes of at least 4 members (excludes halogenated alkanes) is 2. The first-order valence-electron chi connectivity index (χ1n) is 3.74. The van der Waals surface area contributed by atoms with Crippen LogP contribution in [0.3, 0.4) is 0 Å². The van der Waals surface area contributed by atoms with Crippen molar-refractivity contribution < 1.29 is 0 Å². The molecule has 0 heterocycles. The summed E-state index contributed by atoms with van der Waals surface area (Å²) in [6.07, 6.45) is 12.6. The van der Waals surface area contributed by atoms with E-state index in [1.807, 2.05) is 12.2 Å². The van der Waals surface area contributed by atoms with Gasteiger partial charge in [-0.05, 0) is 13.0 Å². The standard InChI is InChI=1S/C10H14/c1-3-5-7-9-10-8-6-4-2/h4,6,8-10H,3,5,7H2,1H3. The maximum absolute atomic E-state index is 6.67. The highest BCUT2D eigenvalue weighted by molar-refractivity contribution is 5.07. The van der Waals surface area contributed by atoms with Crippen LogP contribution in [0.25, 0.3) is 0 Å². The van der Waals surface area contributed by atoms with Gasteiger partial charge in [-0.1, -0.05) is 50.1 Å². The van der Waals surface area contributed by atoms with Crippen LogP contribution in [0.2, 0.25) is 0 Å². The van der Waals surface area contributed by atoms with Crippen LogP contribution in [0.5, 0.6) is 0 Å². The van der Waals surface area contributed by atoms with Crippen molar-refractivity contribution in [3.63, 3.8) is 0 Å². The van der Waals surface area contributed by atoms with E-state index in [9.17, 15) is 0 Å². The first kappa shape index (κ1) is 9.22. The molecule has 0 aromatic carbocycles. The van der Waals surface area contributed by atoms with Crippen LogP contribution in [-0.2, 0) is 0 Å². The zero-order chi connectivity index (χ0) is 7.66. The topological polar surface area (TPSA) is 0 Å². The SMILES string of the molecule is [C]=CC=CC=CCCCC. The smallest absolute Gasteiger partial charge is 0.00990 e. The summed E-state index contributed by atoms with van der Waals surface area (Å²) in [7, 11) is 0. The Morgan fingerprint density at radius 1 is 1.20 bits per heavy atom. The molecule has 0 aromatic heterocycles. The largest absolute Gasteiger partial charge is 0.0845 e. The van der Waals surface area contributed by atoms with Crippen molar-refractivity contribution in [1.82, 2.24) is 0 Å². The van der Waals surface area contributed by atoms with E-state index in [2.05, 4.69) is 13.0 Å². The Morgan fingerprint density at radius 3 is 2.60 bits per heavy atom. The van der Waals surface area contributed by atoms with Gasteiger partial charge in [-0.25, -0.2) is 0 Å². The molecule has 0 fully saturated rings. The predicted octanol–water partition coefficient (Wildman–Crippen LogP) is 3.16. The third-order valence-electron chi connectivity index (χ3n) is 1.18. The van der Waals surface area contributed by atoms with Gasteiger partial charge in [0.25, 0.3) is 0 Å². The van der Waals surface area contributed by atoms with E-state index in [1.54, 1.807) is 6.08 Å². The molecule has 0 aliphatic heterocycles. The van der Waals surface area contributed by atoms with E-state index < -0.39 is 0 Å². The second-order valence-electron chi connectivity index (χ2n) is 2.12. The molecule has 0 aromatic rings. The average molecular weight is 134 g/mol. The Morgan fingerprint density at radius 2 is 2.00 bits per heavy atom. The number of rotatable bonds is 5. The molecule has 0 amide bonds. The van der Waals surface area contributed by atoms with Crippen LogP contribution in [0, 0.1) is 6.58 Å². The summed E-state index contributed by atoms with van der Waals surface area (Å²) in [5, 5.41) is 0. The van der Waals surface area contributed by atoms with Crippen LogP contribution in [0.4, 0.5) is 0 Å². The number of hydrogen-bond donors (Lipinski definition) is 0. The summed E-state index contributed by atoms with van der Waals surface area (Å²) in [4.78, 5) is 0. The van der Waals surface area contributed by atoms with Crippen molar-refractivity contribution in [3.05, 3.63) is 37.0 Å². The second kappa shape index (κ2) is 8.22. The van der Waals surface area contributed by atoms with Crippen LogP contribution in [0.15, 0.2) is 30.4 Å². The monoisotopic (exact) mass is 134 g/mol. The van der Waals surface area contributed by atoms with Crippen LogP contribution >= 0.6 is 0 Å². The minimum Gasteiger partial charge on any atom is -0.0845 e. The molecule has 0 nitrogen and oxygen atoms in total. The molecule has 0 N–H and O–H groups in total. The lowest BCUT2D eigenvalue weighted by atomic mass is 10.2. The lowest BCUT2D eigenvalue weighted by molar-refractivity contribution is 0.815. The van der Waals surface area contributed by atoms with Crippen molar-refractivity contribution in [2.75, 3.05) is 0 Å². The van der Waals surface area contributed by atoms with Gasteiger partial charge in [0.15, 0.2) is 0 Å². The van der Waals surface area contributed by atoms with E-state index in [4.69, 9.17) is 6.58 Å². The van der Waals surface area contributed by atoms with Crippen LogP contribution in [0.1, 0.15) is 26.2 Å². The van der Waals surface area contributed by atoms with Gasteiger partial charge in [0.2, 0.25) is 0 Å². The quantitative estimate of drug-likeness (QED) is 0.400. The molecule has 0 bridgehead atoms. The minimum atomic E-state index is 1.15. The normalized spacial score (nSPS) is 11.3. The maximum atomic E-state index is 6.67. The van der Waals surface area contributed by atoms with Gasteiger partial charge in [-0.15, -0.1) is 0 Å². The van der Waals surface area contributed by atoms with Gasteiger partial charge in [0.05, 0.1) is 0 Å². The maximum Gasteiger partial charge on any atom is -0.00990 e. The molecule has 0 atom stereocenters. The summed E-state index contributed by atoms with van der Waals surface area (Å²) in [6.45, 7) is 8.86. The molecule has 0 aliphatic rings.